The van der Waals surface area contributed by atoms with Crippen molar-refractivity contribution >= 4 is 53.3 Å². The molecule has 20 nitrogen and oxygen atoms in total. The van der Waals surface area contributed by atoms with E-state index in [2.05, 4.69) is 26.6 Å². The van der Waals surface area contributed by atoms with Gasteiger partial charge in [0.1, 0.15) is 30.2 Å². The number of nitrogens with one attached hydrogen (secondary N) is 5. The van der Waals surface area contributed by atoms with Gasteiger partial charge in [-0.25, -0.2) is 4.79 Å². The fraction of sp³-hybridized carbons (Fsp3) is 0.690. The van der Waals surface area contributed by atoms with Gasteiger partial charge in [-0.1, -0.05) is 13.8 Å². The molecule has 0 unspecified atom stereocenters. The fourth-order valence-corrected chi connectivity index (χ4v) is 4.36. The molecule has 49 heavy (non-hydrogen) atoms. The van der Waals surface area contributed by atoms with E-state index in [-0.39, 0.29) is 51.0 Å². The summed E-state index contributed by atoms with van der Waals surface area (Å²) in [5, 5.41) is 30.3. The van der Waals surface area contributed by atoms with Gasteiger partial charge < -0.3 is 59.7 Å². The average Bonchev–Trinajstić information content (AvgIpc) is 2.98. The van der Waals surface area contributed by atoms with Gasteiger partial charge in [-0.3, -0.25) is 38.4 Å². The van der Waals surface area contributed by atoms with Crippen LogP contribution in [-0.4, -0.2) is 106 Å². The number of rotatable bonds is 25. The first-order valence-electron chi connectivity index (χ1n) is 15.8. The van der Waals surface area contributed by atoms with Gasteiger partial charge in [-0.05, 0) is 57.9 Å². The van der Waals surface area contributed by atoms with Gasteiger partial charge in [0.25, 0.3) is 0 Å². The molecule has 0 aliphatic rings. The van der Waals surface area contributed by atoms with E-state index in [0.717, 1.165) is 0 Å². The lowest BCUT2D eigenvalue weighted by Gasteiger charge is -2.26. The number of hydrogen-bond acceptors (Lipinski definition) is 11. The second kappa shape index (κ2) is 22.7. The third-order valence-electron chi connectivity index (χ3n) is 7.01. The van der Waals surface area contributed by atoms with Crippen molar-refractivity contribution in [3.05, 3.63) is 0 Å². The van der Waals surface area contributed by atoms with Crippen molar-refractivity contribution in [3.63, 3.8) is 0 Å². The van der Waals surface area contributed by atoms with Gasteiger partial charge in [-0.15, -0.1) is 0 Å². The van der Waals surface area contributed by atoms with Gasteiger partial charge >= 0.3 is 11.9 Å². The maximum Gasteiger partial charge on any atom is 0.326 e. The standard InChI is InChI=1S/C29H51N9O11/c1-14(2)12-16(31)25(44)38-20(13-23(41)42)28(47)35-17(6-4-5-11-30)27(46)36-18(7-9-21(32)39)26(45)34-15(3)24(43)37-19(29(48)49)8-10-22(33)40/h14-20H,4-13,30-31H2,1-3H3,(H2,32,39)(H2,33,40)(H,34,45)(H,35,47)(H,36,46)(H,37,43)(H,38,44)(H,41,42)(H,48,49)/t15-,16-,17-,18-,19-,20-/m0/s1. The lowest BCUT2D eigenvalue weighted by Crippen LogP contribution is -2.59. The lowest BCUT2D eigenvalue weighted by molar-refractivity contribution is -0.143. The summed E-state index contributed by atoms with van der Waals surface area (Å²) < 4.78 is 0. The maximum absolute atomic E-state index is 13.4. The topological polar surface area (TPSA) is 358 Å². The van der Waals surface area contributed by atoms with Crippen LogP contribution in [0.4, 0.5) is 0 Å². The molecular weight excluding hydrogens is 650 g/mol. The molecule has 0 bridgehead atoms. The Bertz CT molecular complexity index is 1200. The van der Waals surface area contributed by atoms with E-state index in [1.54, 1.807) is 0 Å². The Morgan fingerprint density at radius 1 is 0.592 bits per heavy atom. The number of primary amides is 2. The zero-order valence-corrected chi connectivity index (χ0v) is 28.0. The molecule has 6 atom stereocenters. The molecule has 0 fully saturated rings. The van der Waals surface area contributed by atoms with E-state index in [0.29, 0.717) is 12.8 Å². The SMILES string of the molecule is CC(C)C[C@H](N)C(=O)N[C@@H](CC(=O)O)C(=O)N[C@@H](CCCCN)C(=O)N[C@@H](CCC(N)=O)C(=O)N[C@@H](C)C(=O)N[C@@H](CCC(N)=O)C(=O)O. The summed E-state index contributed by atoms with van der Waals surface area (Å²) in [4.78, 5) is 111. The van der Waals surface area contributed by atoms with Gasteiger partial charge in [0.05, 0.1) is 12.5 Å². The van der Waals surface area contributed by atoms with Crippen LogP contribution in [0.15, 0.2) is 0 Å². The lowest BCUT2D eigenvalue weighted by atomic mass is 10.0. The summed E-state index contributed by atoms with van der Waals surface area (Å²) in [6, 6.07) is -8.37. The minimum absolute atomic E-state index is 0.0233. The zero-order valence-electron chi connectivity index (χ0n) is 28.0. The van der Waals surface area contributed by atoms with Gasteiger partial charge in [0.2, 0.25) is 41.4 Å². The number of carbonyl (C=O) groups is 9. The molecule has 0 heterocycles. The van der Waals surface area contributed by atoms with Gasteiger partial charge in [-0.2, -0.15) is 0 Å². The summed E-state index contributed by atoms with van der Waals surface area (Å²) in [6.45, 7) is 5.08. The first-order chi connectivity index (χ1) is 22.8. The Balaban J connectivity index is 5.98. The van der Waals surface area contributed by atoms with E-state index in [9.17, 15) is 53.4 Å². The largest absolute Gasteiger partial charge is 0.481 e. The zero-order chi connectivity index (χ0) is 37.8. The van der Waals surface area contributed by atoms with Crippen LogP contribution in [0.3, 0.4) is 0 Å². The molecule has 0 aromatic rings. The van der Waals surface area contributed by atoms with Crippen molar-refractivity contribution in [2.45, 2.75) is 115 Å². The second-order valence-corrected chi connectivity index (χ2v) is 11.9. The highest BCUT2D eigenvalue weighted by atomic mass is 16.4. The Morgan fingerprint density at radius 2 is 1.04 bits per heavy atom. The molecule has 20 heteroatoms. The first kappa shape index (κ1) is 44.1. The highest BCUT2D eigenvalue weighted by Gasteiger charge is 2.33. The summed E-state index contributed by atoms with van der Waals surface area (Å²) >= 11 is 0. The highest BCUT2D eigenvalue weighted by molar-refractivity contribution is 5.97. The molecule has 0 aromatic heterocycles. The van der Waals surface area contributed by atoms with Crippen molar-refractivity contribution in [1.82, 2.24) is 26.6 Å². The quantitative estimate of drug-likeness (QED) is 0.0405. The molecule has 278 valence electrons. The Morgan fingerprint density at radius 3 is 1.51 bits per heavy atom. The normalized spacial score (nSPS) is 14.6. The maximum atomic E-state index is 13.4. The van der Waals surface area contributed by atoms with Crippen LogP contribution in [0.5, 0.6) is 0 Å². The Kier molecular flexibility index (Phi) is 20.4. The highest BCUT2D eigenvalue weighted by Crippen LogP contribution is 2.08. The third-order valence-corrected chi connectivity index (χ3v) is 7.01. The van der Waals surface area contributed by atoms with Crippen LogP contribution in [0, 0.1) is 5.92 Å². The molecule has 0 rings (SSSR count). The van der Waals surface area contributed by atoms with Crippen molar-refractivity contribution in [2.24, 2.45) is 28.9 Å². The summed E-state index contributed by atoms with van der Waals surface area (Å²) in [7, 11) is 0. The number of hydrogen-bond donors (Lipinski definition) is 11. The van der Waals surface area contributed by atoms with Crippen LogP contribution in [-0.2, 0) is 43.2 Å². The average molecular weight is 702 g/mol. The third kappa shape index (κ3) is 18.9. The minimum Gasteiger partial charge on any atom is -0.481 e. The molecule has 7 amide bonds. The van der Waals surface area contributed by atoms with Crippen LogP contribution in [0.1, 0.15) is 78.6 Å². The second-order valence-electron chi connectivity index (χ2n) is 11.9. The van der Waals surface area contributed by atoms with Crippen molar-refractivity contribution in [2.75, 3.05) is 6.54 Å². The molecule has 15 N–H and O–H groups in total. The smallest absolute Gasteiger partial charge is 0.326 e. The monoisotopic (exact) mass is 701 g/mol. The molecular formula is C29H51N9O11. The number of carboxylic acid groups (broad SMARTS) is 2. The van der Waals surface area contributed by atoms with Crippen LogP contribution >= 0.6 is 0 Å². The molecule has 0 saturated carbocycles. The van der Waals surface area contributed by atoms with Crippen LogP contribution in [0.2, 0.25) is 0 Å². The minimum atomic E-state index is -1.61. The summed E-state index contributed by atoms with van der Waals surface area (Å²) in [5.41, 5.74) is 21.7. The van der Waals surface area contributed by atoms with Crippen molar-refractivity contribution in [3.8, 4) is 0 Å². The van der Waals surface area contributed by atoms with Crippen molar-refractivity contribution in [1.29, 1.82) is 0 Å². The van der Waals surface area contributed by atoms with Crippen LogP contribution in [0.25, 0.3) is 0 Å². The molecule has 0 aliphatic heterocycles. The van der Waals surface area contributed by atoms with Gasteiger partial charge in [0.15, 0.2) is 0 Å². The molecule has 0 spiro atoms. The number of carbonyl (C=O) groups excluding carboxylic acids is 7. The number of carboxylic acids is 2. The van der Waals surface area contributed by atoms with Crippen LogP contribution < -0.4 is 49.5 Å². The molecule has 0 aliphatic carbocycles. The number of amides is 7. The molecule has 0 aromatic carbocycles. The van der Waals surface area contributed by atoms with E-state index in [4.69, 9.17) is 22.9 Å². The summed E-state index contributed by atoms with van der Waals surface area (Å²) in [5.74, 6) is -9.11. The molecule has 0 radical (unpaired) electrons. The first-order valence-corrected chi connectivity index (χ1v) is 15.8. The number of unbranched alkanes of at least 4 members (excludes halogenated alkanes) is 1. The van der Waals surface area contributed by atoms with Gasteiger partial charge in [0, 0.05) is 12.8 Å². The van der Waals surface area contributed by atoms with E-state index in [1.165, 1.54) is 6.92 Å². The number of aliphatic carboxylic acids is 2. The van der Waals surface area contributed by atoms with E-state index in [1.807, 2.05) is 13.8 Å². The van der Waals surface area contributed by atoms with E-state index >= 15 is 0 Å². The summed E-state index contributed by atoms with van der Waals surface area (Å²) in [6.07, 6.45) is -1.26. The Hall–Kier alpha value is -4.85. The Labute approximate surface area is 283 Å². The molecule has 0 saturated heterocycles. The van der Waals surface area contributed by atoms with Crippen molar-refractivity contribution < 1.29 is 53.4 Å². The number of nitrogens with two attached hydrogens (primary N) is 4. The van der Waals surface area contributed by atoms with E-state index < -0.39 is 96.0 Å². The predicted molar refractivity (Wildman–Crippen MR) is 172 cm³/mol. The predicted octanol–water partition coefficient (Wildman–Crippen LogP) is -3.98. The fourth-order valence-electron chi connectivity index (χ4n) is 4.36.